The molecule has 6 nitrogen and oxygen atoms in total. The maximum absolute atomic E-state index is 12.1. The van der Waals surface area contributed by atoms with Gasteiger partial charge in [-0.3, -0.25) is 0 Å². The highest BCUT2D eigenvalue weighted by Crippen LogP contribution is 2.21. The number of nitrogens with two attached hydrogens (primary N) is 1. The lowest BCUT2D eigenvalue weighted by molar-refractivity contribution is 0.186. The molecule has 110 valence electrons. The van der Waals surface area contributed by atoms with Crippen LogP contribution in [0.1, 0.15) is 19.8 Å². The number of sulfonamides is 1. The summed E-state index contributed by atoms with van der Waals surface area (Å²) in [7, 11) is -3.85. The number of rotatable bonds is 2. The first kappa shape index (κ1) is 14.8. The van der Waals surface area contributed by atoms with E-state index in [9.17, 15) is 13.2 Å². The minimum Gasteiger partial charge on any atom is -0.325 e. The Labute approximate surface area is 119 Å². The van der Waals surface area contributed by atoms with Crippen molar-refractivity contribution in [3.8, 4) is 0 Å². The van der Waals surface area contributed by atoms with Crippen LogP contribution in [0.5, 0.6) is 0 Å². The Morgan fingerprint density at radius 3 is 2.50 bits per heavy atom. The molecule has 0 unspecified atom stereocenters. The molecular weight excluding hydrogens is 278 g/mol. The zero-order valence-corrected chi connectivity index (χ0v) is 12.2. The SMILES string of the molecule is CC1CCN(C(=O)Nc2ccccc2S(N)(=O)=O)CC1. The summed E-state index contributed by atoms with van der Waals surface area (Å²) in [6.07, 6.45) is 1.93. The van der Waals surface area contributed by atoms with Crippen molar-refractivity contribution < 1.29 is 13.2 Å². The lowest BCUT2D eigenvalue weighted by atomic mass is 10.00. The van der Waals surface area contributed by atoms with Gasteiger partial charge in [-0.25, -0.2) is 18.4 Å². The standard InChI is InChI=1S/C13H19N3O3S/c1-10-6-8-16(9-7-10)13(17)15-11-4-2-3-5-12(11)20(14,18)19/h2-5,10H,6-9H2,1H3,(H,15,17)(H2,14,18,19). The van der Waals surface area contributed by atoms with Crippen LogP contribution in [0.4, 0.5) is 10.5 Å². The Hall–Kier alpha value is -1.60. The van der Waals surface area contributed by atoms with Crippen LogP contribution in [-0.2, 0) is 10.0 Å². The van der Waals surface area contributed by atoms with E-state index in [0.717, 1.165) is 12.8 Å². The van der Waals surface area contributed by atoms with Gasteiger partial charge in [0.1, 0.15) is 4.90 Å². The molecule has 0 atom stereocenters. The molecule has 1 aromatic rings. The van der Waals surface area contributed by atoms with Crippen LogP contribution in [-0.4, -0.2) is 32.4 Å². The quantitative estimate of drug-likeness (QED) is 0.868. The summed E-state index contributed by atoms with van der Waals surface area (Å²) in [4.78, 5) is 13.8. The van der Waals surface area contributed by atoms with Crippen molar-refractivity contribution in [1.82, 2.24) is 4.90 Å². The highest BCUT2D eigenvalue weighted by molar-refractivity contribution is 7.89. The molecule has 0 aliphatic carbocycles. The number of amides is 2. The second-order valence-corrected chi connectivity index (χ2v) is 6.67. The highest BCUT2D eigenvalue weighted by Gasteiger charge is 2.22. The molecule has 0 aromatic heterocycles. The van der Waals surface area contributed by atoms with Gasteiger partial charge in [0.05, 0.1) is 5.69 Å². The third-order valence-corrected chi connectivity index (χ3v) is 4.48. The zero-order chi connectivity index (χ0) is 14.8. The summed E-state index contributed by atoms with van der Waals surface area (Å²) in [5, 5.41) is 7.77. The number of likely N-dealkylation sites (tertiary alicyclic amines) is 1. The maximum Gasteiger partial charge on any atom is 0.321 e. The minimum absolute atomic E-state index is 0.0706. The average Bonchev–Trinajstić information content (AvgIpc) is 2.38. The Balaban J connectivity index is 2.13. The fourth-order valence-corrected chi connectivity index (χ4v) is 2.92. The molecule has 1 fully saturated rings. The van der Waals surface area contributed by atoms with Crippen molar-refractivity contribution in [1.29, 1.82) is 0 Å². The molecule has 0 saturated carbocycles. The Bertz CT molecular complexity index is 593. The van der Waals surface area contributed by atoms with Gasteiger partial charge in [-0.15, -0.1) is 0 Å². The number of nitrogens with zero attached hydrogens (tertiary/aromatic N) is 1. The van der Waals surface area contributed by atoms with Crippen molar-refractivity contribution in [3.63, 3.8) is 0 Å². The molecule has 2 rings (SSSR count). The molecule has 1 saturated heterocycles. The summed E-state index contributed by atoms with van der Waals surface area (Å²) in [5.74, 6) is 0.621. The Morgan fingerprint density at radius 1 is 1.30 bits per heavy atom. The van der Waals surface area contributed by atoms with Gasteiger partial charge in [0, 0.05) is 13.1 Å². The van der Waals surface area contributed by atoms with Gasteiger partial charge in [0.25, 0.3) is 0 Å². The Morgan fingerprint density at radius 2 is 1.90 bits per heavy atom. The number of hydrogen-bond donors (Lipinski definition) is 2. The summed E-state index contributed by atoms with van der Waals surface area (Å²) in [5.41, 5.74) is 0.221. The topological polar surface area (TPSA) is 92.5 Å². The average molecular weight is 297 g/mol. The lowest BCUT2D eigenvalue weighted by Gasteiger charge is -2.30. The predicted octanol–water partition coefficient (Wildman–Crippen LogP) is 1.60. The van der Waals surface area contributed by atoms with E-state index in [4.69, 9.17) is 5.14 Å². The van der Waals surface area contributed by atoms with Crippen LogP contribution in [0, 0.1) is 5.92 Å². The number of primary sulfonamides is 1. The van der Waals surface area contributed by atoms with Gasteiger partial charge < -0.3 is 10.2 Å². The van der Waals surface area contributed by atoms with Crippen LogP contribution in [0.25, 0.3) is 0 Å². The third kappa shape index (κ3) is 3.49. The van der Waals surface area contributed by atoms with E-state index in [1.807, 2.05) is 0 Å². The summed E-state index contributed by atoms with van der Waals surface area (Å²) in [6.45, 7) is 3.53. The molecule has 20 heavy (non-hydrogen) atoms. The van der Waals surface area contributed by atoms with Gasteiger partial charge in [0.15, 0.2) is 0 Å². The number of carbonyl (C=O) groups is 1. The molecule has 1 aliphatic heterocycles. The molecular formula is C13H19N3O3S. The number of nitrogens with one attached hydrogen (secondary N) is 1. The number of anilines is 1. The number of benzene rings is 1. The fourth-order valence-electron chi connectivity index (χ4n) is 2.22. The second-order valence-electron chi connectivity index (χ2n) is 5.14. The monoisotopic (exact) mass is 297 g/mol. The molecule has 3 N–H and O–H groups in total. The summed E-state index contributed by atoms with van der Waals surface area (Å²) in [6, 6.07) is 5.85. The van der Waals surface area contributed by atoms with E-state index in [1.54, 1.807) is 17.0 Å². The summed E-state index contributed by atoms with van der Waals surface area (Å²) >= 11 is 0. The van der Waals surface area contributed by atoms with Crippen LogP contribution in [0.15, 0.2) is 29.2 Å². The van der Waals surface area contributed by atoms with Gasteiger partial charge in [0.2, 0.25) is 10.0 Å². The van der Waals surface area contributed by atoms with Gasteiger partial charge >= 0.3 is 6.03 Å². The van der Waals surface area contributed by atoms with E-state index in [1.165, 1.54) is 12.1 Å². The first-order valence-electron chi connectivity index (χ1n) is 6.55. The first-order chi connectivity index (χ1) is 9.38. The number of hydrogen-bond acceptors (Lipinski definition) is 3. The molecule has 0 spiro atoms. The van der Waals surface area contributed by atoms with E-state index in [2.05, 4.69) is 12.2 Å². The molecule has 0 bridgehead atoms. The third-order valence-electron chi connectivity index (χ3n) is 3.51. The van der Waals surface area contributed by atoms with Crippen molar-refractivity contribution >= 4 is 21.7 Å². The van der Waals surface area contributed by atoms with Crippen molar-refractivity contribution in [3.05, 3.63) is 24.3 Å². The van der Waals surface area contributed by atoms with Crippen LogP contribution < -0.4 is 10.5 Å². The van der Waals surface area contributed by atoms with Crippen LogP contribution in [0.2, 0.25) is 0 Å². The number of carbonyl (C=O) groups excluding carboxylic acids is 1. The normalized spacial score (nSPS) is 17.0. The van der Waals surface area contributed by atoms with E-state index >= 15 is 0 Å². The molecule has 7 heteroatoms. The molecule has 2 amide bonds. The Kier molecular flexibility index (Phi) is 4.29. The minimum atomic E-state index is -3.85. The van der Waals surface area contributed by atoms with E-state index in [0.29, 0.717) is 19.0 Å². The van der Waals surface area contributed by atoms with E-state index in [-0.39, 0.29) is 16.6 Å². The lowest BCUT2D eigenvalue weighted by Crippen LogP contribution is -2.40. The predicted molar refractivity (Wildman–Crippen MR) is 76.8 cm³/mol. The highest BCUT2D eigenvalue weighted by atomic mass is 32.2. The molecule has 1 heterocycles. The van der Waals surface area contributed by atoms with Crippen LogP contribution >= 0.6 is 0 Å². The second kappa shape index (κ2) is 5.80. The number of para-hydroxylation sites is 1. The van der Waals surface area contributed by atoms with Gasteiger partial charge in [-0.1, -0.05) is 19.1 Å². The molecule has 1 aliphatic rings. The number of urea groups is 1. The fraction of sp³-hybridized carbons (Fsp3) is 0.462. The largest absolute Gasteiger partial charge is 0.325 e. The van der Waals surface area contributed by atoms with Crippen LogP contribution in [0.3, 0.4) is 0 Å². The van der Waals surface area contributed by atoms with Crippen molar-refractivity contribution in [2.75, 3.05) is 18.4 Å². The molecule has 1 aromatic carbocycles. The molecule has 0 radical (unpaired) electrons. The van der Waals surface area contributed by atoms with E-state index < -0.39 is 10.0 Å². The smallest absolute Gasteiger partial charge is 0.321 e. The van der Waals surface area contributed by atoms with Gasteiger partial charge in [-0.05, 0) is 30.9 Å². The number of piperidine rings is 1. The first-order valence-corrected chi connectivity index (χ1v) is 8.10. The van der Waals surface area contributed by atoms with Crippen molar-refractivity contribution in [2.45, 2.75) is 24.7 Å². The zero-order valence-electron chi connectivity index (χ0n) is 11.4. The summed E-state index contributed by atoms with van der Waals surface area (Å²) < 4.78 is 22.9. The maximum atomic E-state index is 12.1. The van der Waals surface area contributed by atoms with Crippen molar-refractivity contribution in [2.24, 2.45) is 11.1 Å². The van der Waals surface area contributed by atoms with Gasteiger partial charge in [-0.2, -0.15) is 0 Å².